The van der Waals surface area contributed by atoms with Crippen molar-refractivity contribution in [2.75, 3.05) is 5.32 Å². The summed E-state index contributed by atoms with van der Waals surface area (Å²) >= 11 is 4.95. The van der Waals surface area contributed by atoms with Crippen molar-refractivity contribution in [2.45, 2.75) is 50.8 Å². The molecule has 0 aliphatic rings. The number of alkyl halides is 1. The molecule has 0 unspecified atom stereocenters. The first-order valence-corrected chi connectivity index (χ1v) is 9.21. The first-order chi connectivity index (χ1) is 10.1. The molecule has 0 spiro atoms. The van der Waals surface area contributed by atoms with Gasteiger partial charge in [0.15, 0.2) is 5.13 Å². The third-order valence-electron chi connectivity index (χ3n) is 3.33. The van der Waals surface area contributed by atoms with E-state index in [0.29, 0.717) is 5.13 Å². The fraction of sp³-hybridized carbons (Fsp3) is 0.500. The quantitative estimate of drug-likeness (QED) is 0.687. The van der Waals surface area contributed by atoms with Gasteiger partial charge in [0.05, 0.1) is 15.0 Å². The second-order valence-electron chi connectivity index (χ2n) is 5.17. The molecular weight excluding hydrogens is 348 g/mol. The van der Waals surface area contributed by atoms with E-state index in [1.165, 1.54) is 18.4 Å². The monoisotopic (exact) mass is 368 g/mol. The molecule has 2 aromatic rings. The Hall–Kier alpha value is -0.940. The van der Waals surface area contributed by atoms with E-state index in [9.17, 15) is 4.79 Å². The van der Waals surface area contributed by atoms with Crippen LogP contribution in [0.5, 0.6) is 0 Å². The molecule has 0 bridgehead atoms. The fourth-order valence-electron chi connectivity index (χ4n) is 2.13. The second kappa shape index (κ2) is 7.90. The number of amides is 1. The molecule has 1 aromatic heterocycles. The Morgan fingerprint density at radius 3 is 2.90 bits per heavy atom. The topological polar surface area (TPSA) is 42.0 Å². The summed E-state index contributed by atoms with van der Waals surface area (Å²) in [5, 5.41) is 3.58. The highest BCUT2D eigenvalue weighted by molar-refractivity contribution is 9.10. The van der Waals surface area contributed by atoms with E-state index in [1.807, 2.05) is 6.07 Å². The summed E-state index contributed by atoms with van der Waals surface area (Å²) in [6.45, 7) is 4.27. The lowest BCUT2D eigenvalue weighted by atomic mass is 10.1. The van der Waals surface area contributed by atoms with Crippen LogP contribution in [0.2, 0.25) is 0 Å². The van der Waals surface area contributed by atoms with Crippen molar-refractivity contribution < 1.29 is 4.79 Å². The first-order valence-electron chi connectivity index (χ1n) is 7.48. The van der Waals surface area contributed by atoms with Gasteiger partial charge in [-0.3, -0.25) is 4.79 Å². The minimum absolute atomic E-state index is 0.0119. The lowest BCUT2D eigenvalue weighted by molar-refractivity contribution is -0.115. The number of nitrogens with zero attached hydrogens (tertiary/aromatic N) is 1. The number of aryl methyl sites for hydroxylation is 1. The maximum absolute atomic E-state index is 12.0. The van der Waals surface area contributed by atoms with E-state index < -0.39 is 0 Å². The van der Waals surface area contributed by atoms with Crippen molar-refractivity contribution >= 4 is 48.5 Å². The average Bonchev–Trinajstić information content (AvgIpc) is 2.86. The Balaban J connectivity index is 2.09. The molecule has 5 heteroatoms. The molecule has 0 aliphatic heterocycles. The molecule has 0 saturated heterocycles. The summed E-state index contributed by atoms with van der Waals surface area (Å²) in [5.41, 5.74) is 2.30. The standard InChI is InChI=1S/C16H21BrN2OS/c1-3-5-7-11-8-9-13-14(10-11)21-16(18-13)19-15(20)12(17)6-4-2/h8-10,12H,3-7H2,1-2H3,(H,18,19,20)/t12-/m1/s1. The van der Waals surface area contributed by atoms with Crippen LogP contribution in [0.1, 0.15) is 45.1 Å². The number of rotatable bonds is 7. The van der Waals surface area contributed by atoms with Gasteiger partial charge in [0.1, 0.15) is 0 Å². The van der Waals surface area contributed by atoms with Crippen molar-refractivity contribution in [1.82, 2.24) is 4.98 Å². The number of halogens is 1. The van der Waals surface area contributed by atoms with Gasteiger partial charge in [0.25, 0.3) is 0 Å². The molecule has 114 valence electrons. The molecule has 1 heterocycles. The SMILES string of the molecule is CCCCc1ccc2nc(NC(=O)[C@H](Br)CCC)sc2c1. The highest BCUT2D eigenvalue weighted by atomic mass is 79.9. The van der Waals surface area contributed by atoms with E-state index in [4.69, 9.17) is 0 Å². The number of thiazole rings is 1. The molecule has 2 rings (SSSR count). The van der Waals surface area contributed by atoms with Crippen LogP contribution in [0, 0.1) is 0 Å². The van der Waals surface area contributed by atoms with Crippen molar-refractivity contribution in [1.29, 1.82) is 0 Å². The van der Waals surface area contributed by atoms with Crippen molar-refractivity contribution in [3.8, 4) is 0 Å². The van der Waals surface area contributed by atoms with Crippen LogP contribution in [-0.2, 0) is 11.2 Å². The molecule has 1 amide bonds. The number of carbonyl (C=O) groups is 1. The Bertz CT molecular complexity index is 611. The Labute approximate surface area is 138 Å². The fourth-order valence-corrected chi connectivity index (χ4v) is 3.63. The first kappa shape index (κ1) is 16.4. The van der Waals surface area contributed by atoms with Gasteiger partial charge in [-0.2, -0.15) is 0 Å². The molecule has 0 fully saturated rings. The molecule has 0 radical (unpaired) electrons. The molecule has 3 nitrogen and oxygen atoms in total. The Kier molecular flexibility index (Phi) is 6.18. The third kappa shape index (κ3) is 4.51. The lowest BCUT2D eigenvalue weighted by Crippen LogP contribution is -2.22. The number of fused-ring (bicyclic) bond motifs is 1. The minimum Gasteiger partial charge on any atom is -0.301 e. The normalized spacial score (nSPS) is 12.5. The third-order valence-corrected chi connectivity index (χ3v) is 5.14. The summed E-state index contributed by atoms with van der Waals surface area (Å²) in [7, 11) is 0. The predicted octanol–water partition coefficient (Wildman–Crippen LogP) is 5.14. The second-order valence-corrected chi connectivity index (χ2v) is 7.31. The number of anilines is 1. The number of hydrogen-bond donors (Lipinski definition) is 1. The number of benzene rings is 1. The van der Waals surface area contributed by atoms with Gasteiger partial charge in [-0.1, -0.05) is 60.0 Å². The van der Waals surface area contributed by atoms with E-state index in [2.05, 4.69) is 52.2 Å². The van der Waals surface area contributed by atoms with Gasteiger partial charge in [-0.05, 0) is 37.0 Å². The minimum atomic E-state index is -0.144. The summed E-state index contributed by atoms with van der Waals surface area (Å²) in [5.74, 6) is -0.0119. The highest BCUT2D eigenvalue weighted by Crippen LogP contribution is 2.27. The molecule has 0 aliphatic carbocycles. The molecular formula is C16H21BrN2OS. The largest absolute Gasteiger partial charge is 0.301 e. The van der Waals surface area contributed by atoms with E-state index in [-0.39, 0.29) is 10.7 Å². The van der Waals surface area contributed by atoms with Gasteiger partial charge < -0.3 is 5.32 Å². The highest BCUT2D eigenvalue weighted by Gasteiger charge is 2.15. The molecule has 1 N–H and O–H groups in total. The zero-order valence-corrected chi connectivity index (χ0v) is 14.9. The number of carbonyl (C=O) groups excluding carboxylic acids is 1. The van der Waals surface area contributed by atoms with Gasteiger partial charge in [0, 0.05) is 0 Å². The van der Waals surface area contributed by atoms with Crippen molar-refractivity contribution in [2.24, 2.45) is 0 Å². The molecule has 0 saturated carbocycles. The van der Waals surface area contributed by atoms with E-state index >= 15 is 0 Å². The Morgan fingerprint density at radius 1 is 1.38 bits per heavy atom. The lowest BCUT2D eigenvalue weighted by Gasteiger charge is -2.06. The summed E-state index contributed by atoms with van der Waals surface area (Å²) in [4.78, 5) is 16.3. The van der Waals surface area contributed by atoms with Gasteiger partial charge in [-0.25, -0.2) is 4.98 Å². The van der Waals surface area contributed by atoms with Crippen LogP contribution in [0.4, 0.5) is 5.13 Å². The van der Waals surface area contributed by atoms with Crippen LogP contribution in [0.3, 0.4) is 0 Å². The van der Waals surface area contributed by atoms with E-state index in [0.717, 1.165) is 29.5 Å². The predicted molar refractivity (Wildman–Crippen MR) is 94.5 cm³/mol. The summed E-state index contributed by atoms with van der Waals surface area (Å²) in [6.07, 6.45) is 5.32. The number of hydrogen-bond acceptors (Lipinski definition) is 3. The summed E-state index contributed by atoms with van der Waals surface area (Å²) < 4.78 is 1.14. The number of aromatic nitrogens is 1. The zero-order valence-electron chi connectivity index (χ0n) is 12.5. The van der Waals surface area contributed by atoms with Crippen LogP contribution in [-0.4, -0.2) is 15.7 Å². The van der Waals surface area contributed by atoms with Gasteiger partial charge >= 0.3 is 0 Å². The molecule has 1 atom stereocenters. The van der Waals surface area contributed by atoms with Crippen LogP contribution in [0.15, 0.2) is 18.2 Å². The van der Waals surface area contributed by atoms with Crippen molar-refractivity contribution in [3.05, 3.63) is 23.8 Å². The van der Waals surface area contributed by atoms with Crippen LogP contribution < -0.4 is 5.32 Å². The van der Waals surface area contributed by atoms with Crippen LogP contribution >= 0.6 is 27.3 Å². The average molecular weight is 369 g/mol. The Morgan fingerprint density at radius 2 is 2.19 bits per heavy atom. The van der Waals surface area contributed by atoms with Gasteiger partial charge in [0.2, 0.25) is 5.91 Å². The van der Waals surface area contributed by atoms with Crippen molar-refractivity contribution in [3.63, 3.8) is 0 Å². The zero-order chi connectivity index (χ0) is 15.2. The van der Waals surface area contributed by atoms with Crippen LogP contribution in [0.25, 0.3) is 10.2 Å². The number of unbranched alkanes of at least 4 members (excludes halogenated alkanes) is 1. The molecule has 21 heavy (non-hydrogen) atoms. The maximum atomic E-state index is 12.0. The molecule has 1 aromatic carbocycles. The maximum Gasteiger partial charge on any atom is 0.239 e. The summed E-state index contributed by atoms with van der Waals surface area (Å²) in [6, 6.07) is 6.37. The van der Waals surface area contributed by atoms with Gasteiger partial charge in [-0.15, -0.1) is 0 Å². The number of nitrogens with one attached hydrogen (secondary N) is 1. The van der Waals surface area contributed by atoms with E-state index in [1.54, 1.807) is 11.3 Å². The smallest absolute Gasteiger partial charge is 0.239 e.